The van der Waals surface area contributed by atoms with E-state index in [0.717, 1.165) is 12.8 Å². The van der Waals surface area contributed by atoms with Crippen LogP contribution in [0.3, 0.4) is 0 Å². The van der Waals surface area contributed by atoms with Gasteiger partial charge >= 0.3 is 0 Å². The van der Waals surface area contributed by atoms with Gasteiger partial charge < -0.3 is 4.90 Å². The lowest BCUT2D eigenvalue weighted by Gasteiger charge is -2.44. The highest BCUT2D eigenvalue weighted by atomic mass is 15.1. The molecule has 0 aliphatic heterocycles. The molecular formula is C51H51N. The number of anilines is 3. The molecular weight excluding hydrogens is 627 g/mol. The third-order valence-corrected chi connectivity index (χ3v) is 12.9. The van der Waals surface area contributed by atoms with Crippen LogP contribution in [0.4, 0.5) is 17.1 Å². The topological polar surface area (TPSA) is 3.24 Å². The fourth-order valence-corrected chi connectivity index (χ4v) is 9.88. The van der Waals surface area contributed by atoms with E-state index in [-0.39, 0.29) is 16.2 Å². The maximum atomic E-state index is 2.59. The minimum Gasteiger partial charge on any atom is -0.310 e. The van der Waals surface area contributed by atoms with Gasteiger partial charge in [-0.1, -0.05) is 133 Å². The minimum atomic E-state index is -0.128. The van der Waals surface area contributed by atoms with Gasteiger partial charge in [-0.3, -0.25) is 0 Å². The number of para-hydroxylation sites is 1. The molecule has 9 rings (SSSR count). The molecule has 0 fully saturated rings. The van der Waals surface area contributed by atoms with Crippen molar-refractivity contribution in [3.8, 4) is 33.4 Å². The average Bonchev–Trinajstić information content (AvgIpc) is 3.39. The lowest BCUT2D eigenvalue weighted by Crippen LogP contribution is -2.34. The number of hydrogen-bond acceptors (Lipinski definition) is 1. The highest BCUT2D eigenvalue weighted by Crippen LogP contribution is 2.58. The van der Waals surface area contributed by atoms with E-state index in [1.54, 1.807) is 0 Å². The summed E-state index contributed by atoms with van der Waals surface area (Å²) in [7, 11) is 0. The van der Waals surface area contributed by atoms with Crippen molar-refractivity contribution >= 4 is 17.1 Å². The molecule has 0 heterocycles. The van der Waals surface area contributed by atoms with E-state index in [9.17, 15) is 0 Å². The van der Waals surface area contributed by atoms with Gasteiger partial charge in [0.1, 0.15) is 0 Å². The third-order valence-electron chi connectivity index (χ3n) is 12.9. The van der Waals surface area contributed by atoms with Gasteiger partial charge in [-0.05, 0) is 147 Å². The molecule has 3 aliphatic carbocycles. The van der Waals surface area contributed by atoms with E-state index >= 15 is 0 Å². The number of aryl methyl sites for hydroxylation is 2. The van der Waals surface area contributed by atoms with E-state index in [4.69, 9.17) is 0 Å². The first kappa shape index (κ1) is 33.0. The molecule has 0 saturated heterocycles. The maximum Gasteiger partial charge on any atom is 0.0543 e. The van der Waals surface area contributed by atoms with E-state index < -0.39 is 0 Å². The molecule has 0 spiro atoms. The van der Waals surface area contributed by atoms with Crippen LogP contribution in [0, 0.1) is 0 Å². The molecule has 0 aromatic heterocycles. The van der Waals surface area contributed by atoms with Gasteiger partial charge in [0.25, 0.3) is 0 Å². The molecule has 0 radical (unpaired) electrons. The van der Waals surface area contributed by atoms with Crippen molar-refractivity contribution < 1.29 is 0 Å². The Bertz CT molecular complexity index is 2320. The standard InChI is InChI=1S/C51H51N/c1-49(2)29-30-50(3,4)48-44(49)28-27-39(35-18-9-7-10-19-35)47(48)42-32-41-40-23-15-16-24-43(40)51(5,6)45(41)33-46(42)52(37-21-11-8-12-22-37)38-26-25-34-17-13-14-20-36(34)31-38/h7-12,15-16,18-19,21-28,31-33H,13-14,17,20,29-30H2,1-6H3. The van der Waals surface area contributed by atoms with Crippen LogP contribution in [0.15, 0.2) is 127 Å². The molecule has 6 aromatic rings. The van der Waals surface area contributed by atoms with Crippen LogP contribution in [-0.2, 0) is 29.1 Å². The third kappa shape index (κ3) is 5.19. The van der Waals surface area contributed by atoms with Crippen molar-refractivity contribution in [1.82, 2.24) is 0 Å². The number of hydrogen-bond donors (Lipinski definition) is 0. The first-order valence-electron chi connectivity index (χ1n) is 19.5. The molecule has 0 amide bonds. The largest absolute Gasteiger partial charge is 0.310 e. The summed E-state index contributed by atoms with van der Waals surface area (Å²) in [5, 5.41) is 0. The quantitative estimate of drug-likeness (QED) is 0.176. The summed E-state index contributed by atoms with van der Waals surface area (Å²) in [6.07, 6.45) is 7.22. The van der Waals surface area contributed by atoms with Crippen molar-refractivity contribution in [2.24, 2.45) is 0 Å². The molecule has 52 heavy (non-hydrogen) atoms. The maximum absolute atomic E-state index is 2.59. The Kier molecular flexibility index (Phi) is 7.67. The normalized spacial score (nSPS) is 17.4. The van der Waals surface area contributed by atoms with Gasteiger partial charge in [-0.25, -0.2) is 0 Å². The fraction of sp³-hybridized carbons (Fsp3) is 0.294. The summed E-state index contributed by atoms with van der Waals surface area (Å²) in [4.78, 5) is 2.58. The molecule has 1 heteroatoms. The van der Waals surface area contributed by atoms with Crippen LogP contribution in [0.25, 0.3) is 33.4 Å². The zero-order valence-corrected chi connectivity index (χ0v) is 31.8. The predicted molar refractivity (Wildman–Crippen MR) is 221 cm³/mol. The minimum absolute atomic E-state index is 0.00182. The van der Waals surface area contributed by atoms with Crippen molar-refractivity contribution in [3.05, 3.63) is 161 Å². The zero-order valence-electron chi connectivity index (χ0n) is 31.8. The van der Waals surface area contributed by atoms with E-state index in [1.807, 2.05) is 0 Å². The Hall–Kier alpha value is -4.88. The predicted octanol–water partition coefficient (Wildman–Crippen LogP) is 14.0. The Morgan fingerprint density at radius 3 is 1.90 bits per heavy atom. The van der Waals surface area contributed by atoms with Crippen LogP contribution >= 0.6 is 0 Å². The average molecular weight is 678 g/mol. The van der Waals surface area contributed by atoms with Gasteiger partial charge in [0, 0.05) is 22.4 Å². The first-order chi connectivity index (χ1) is 25.0. The lowest BCUT2D eigenvalue weighted by molar-refractivity contribution is 0.333. The van der Waals surface area contributed by atoms with Crippen molar-refractivity contribution in [2.45, 2.75) is 96.3 Å². The zero-order chi connectivity index (χ0) is 35.8. The van der Waals surface area contributed by atoms with Crippen LogP contribution in [0.1, 0.15) is 101 Å². The molecule has 0 N–H and O–H groups in total. The number of rotatable bonds is 5. The first-order valence-corrected chi connectivity index (χ1v) is 19.5. The van der Waals surface area contributed by atoms with Crippen molar-refractivity contribution in [3.63, 3.8) is 0 Å². The Balaban J connectivity index is 1.44. The lowest BCUT2D eigenvalue weighted by atomic mass is 9.60. The molecule has 0 saturated carbocycles. The fourth-order valence-electron chi connectivity index (χ4n) is 9.88. The molecule has 1 nitrogen and oxygen atoms in total. The summed E-state index contributed by atoms with van der Waals surface area (Å²) < 4.78 is 0. The molecule has 0 bridgehead atoms. The number of fused-ring (bicyclic) bond motifs is 5. The number of benzene rings is 6. The van der Waals surface area contributed by atoms with Crippen molar-refractivity contribution in [2.75, 3.05) is 4.90 Å². The summed E-state index contributed by atoms with van der Waals surface area (Å²) >= 11 is 0. The Morgan fingerprint density at radius 2 is 1.13 bits per heavy atom. The molecule has 0 unspecified atom stereocenters. The van der Waals surface area contributed by atoms with Crippen LogP contribution in [0.5, 0.6) is 0 Å². The Morgan fingerprint density at radius 1 is 0.462 bits per heavy atom. The van der Waals surface area contributed by atoms with Gasteiger partial charge in [-0.15, -0.1) is 0 Å². The van der Waals surface area contributed by atoms with Crippen LogP contribution in [-0.4, -0.2) is 0 Å². The van der Waals surface area contributed by atoms with Gasteiger partial charge in [0.15, 0.2) is 0 Å². The summed E-state index contributed by atoms with van der Waals surface area (Å²) in [5.41, 5.74) is 20.5. The smallest absolute Gasteiger partial charge is 0.0543 e. The SMILES string of the molecule is CC1(C)CCC(C)(C)c2c1ccc(-c1ccccc1)c2-c1cc2c(cc1N(c1ccccc1)c1ccc3c(c1)CCCC3)C(C)(C)c1ccccc1-2. The van der Waals surface area contributed by atoms with Crippen LogP contribution in [0.2, 0.25) is 0 Å². The van der Waals surface area contributed by atoms with Crippen LogP contribution < -0.4 is 4.90 Å². The van der Waals surface area contributed by atoms with Gasteiger partial charge in [0.2, 0.25) is 0 Å². The molecule has 260 valence electrons. The summed E-state index contributed by atoms with van der Waals surface area (Å²) in [6.45, 7) is 14.7. The van der Waals surface area contributed by atoms with Crippen molar-refractivity contribution in [1.29, 1.82) is 0 Å². The second kappa shape index (κ2) is 12.1. The second-order valence-electron chi connectivity index (χ2n) is 17.5. The Labute approximate surface area is 311 Å². The highest BCUT2D eigenvalue weighted by Gasteiger charge is 2.42. The second-order valence-corrected chi connectivity index (χ2v) is 17.5. The molecule has 3 aliphatic rings. The summed E-state index contributed by atoms with van der Waals surface area (Å²) in [5.74, 6) is 0. The van der Waals surface area contributed by atoms with Gasteiger partial charge in [-0.2, -0.15) is 0 Å². The highest BCUT2D eigenvalue weighted by molar-refractivity contribution is 6.00. The van der Waals surface area contributed by atoms with E-state index in [2.05, 4.69) is 174 Å². The van der Waals surface area contributed by atoms with E-state index in [1.165, 1.54) is 110 Å². The van der Waals surface area contributed by atoms with E-state index in [0.29, 0.717) is 0 Å². The molecule has 0 atom stereocenters. The molecule has 6 aromatic carbocycles. The van der Waals surface area contributed by atoms with Gasteiger partial charge in [0.05, 0.1) is 5.69 Å². The summed E-state index contributed by atoms with van der Waals surface area (Å²) in [6, 6.07) is 48.7. The monoisotopic (exact) mass is 677 g/mol. The number of nitrogens with zero attached hydrogens (tertiary/aromatic N) is 1.